The zero-order chi connectivity index (χ0) is 22.1. The summed E-state index contributed by atoms with van der Waals surface area (Å²) in [5.74, 6) is 1.50. The van der Waals surface area contributed by atoms with Gasteiger partial charge in [-0.3, -0.25) is 4.79 Å². The number of aromatic nitrogens is 4. The molecule has 1 aliphatic rings. The van der Waals surface area contributed by atoms with E-state index in [9.17, 15) is 4.79 Å². The smallest absolute Gasteiger partial charge is 0.254 e. The van der Waals surface area contributed by atoms with E-state index < -0.39 is 0 Å². The number of hydrogen-bond acceptors (Lipinski definition) is 6. The second kappa shape index (κ2) is 8.30. The molecule has 5 rings (SSSR count). The van der Waals surface area contributed by atoms with Gasteiger partial charge in [-0.2, -0.15) is 14.6 Å². The van der Waals surface area contributed by atoms with Crippen molar-refractivity contribution in [2.75, 3.05) is 36.4 Å². The van der Waals surface area contributed by atoms with Gasteiger partial charge in [0.05, 0.1) is 0 Å². The average molecular weight is 428 g/mol. The molecule has 2 aromatic heterocycles. The fraction of sp³-hybridized carbons (Fsp3) is 0.250. The summed E-state index contributed by atoms with van der Waals surface area (Å²) in [6.07, 6.45) is 1.50. The number of nitrogens with zero attached hydrogens (tertiary/aromatic N) is 6. The van der Waals surface area contributed by atoms with Crippen LogP contribution in [0, 0.1) is 13.8 Å². The number of hydrogen-bond donors (Lipinski definition) is 1. The molecule has 3 heterocycles. The molecule has 8 heteroatoms. The number of amides is 1. The maximum atomic E-state index is 12.8. The van der Waals surface area contributed by atoms with Gasteiger partial charge in [-0.15, -0.1) is 0 Å². The number of carbonyl (C=O) groups is 1. The number of fused-ring (bicyclic) bond motifs is 1. The van der Waals surface area contributed by atoms with Gasteiger partial charge in [0.25, 0.3) is 11.7 Å². The van der Waals surface area contributed by atoms with Gasteiger partial charge in [0.1, 0.15) is 12.1 Å². The Balaban J connectivity index is 1.23. The first-order valence-corrected chi connectivity index (χ1v) is 10.7. The van der Waals surface area contributed by atoms with Gasteiger partial charge in [0, 0.05) is 54.9 Å². The van der Waals surface area contributed by atoms with Crippen LogP contribution in [0.1, 0.15) is 21.6 Å². The Bertz CT molecular complexity index is 1240. The molecule has 32 heavy (non-hydrogen) atoms. The third kappa shape index (κ3) is 3.99. The highest BCUT2D eigenvalue weighted by atomic mass is 16.2. The number of carbonyl (C=O) groups excluding carboxylic acids is 1. The molecule has 2 aromatic carbocycles. The number of rotatable bonds is 4. The Kier molecular flexibility index (Phi) is 5.18. The second-order valence-electron chi connectivity index (χ2n) is 8.07. The zero-order valence-corrected chi connectivity index (χ0v) is 18.2. The van der Waals surface area contributed by atoms with Crippen molar-refractivity contribution >= 4 is 28.9 Å². The Hall–Kier alpha value is -3.94. The van der Waals surface area contributed by atoms with E-state index in [1.165, 1.54) is 6.33 Å². The van der Waals surface area contributed by atoms with Crippen molar-refractivity contribution in [1.29, 1.82) is 0 Å². The summed E-state index contributed by atoms with van der Waals surface area (Å²) in [5.41, 5.74) is 4.91. The lowest BCUT2D eigenvalue weighted by Crippen LogP contribution is -2.48. The van der Waals surface area contributed by atoms with E-state index in [4.69, 9.17) is 0 Å². The summed E-state index contributed by atoms with van der Waals surface area (Å²) in [5, 5.41) is 7.63. The van der Waals surface area contributed by atoms with E-state index in [0.717, 1.165) is 47.1 Å². The average Bonchev–Trinajstić information content (AvgIpc) is 3.28. The summed E-state index contributed by atoms with van der Waals surface area (Å²) >= 11 is 0. The van der Waals surface area contributed by atoms with Crippen molar-refractivity contribution in [3.05, 3.63) is 77.7 Å². The predicted molar refractivity (Wildman–Crippen MR) is 125 cm³/mol. The van der Waals surface area contributed by atoms with Crippen LogP contribution in [0.5, 0.6) is 0 Å². The number of piperazine rings is 1. The van der Waals surface area contributed by atoms with Crippen molar-refractivity contribution in [1.82, 2.24) is 24.5 Å². The SMILES string of the molecule is Cc1ccc(C(=O)N2CCN(c3ccc(Nc4cc(C)nc5ncnn45)cc3)CC2)cc1. The van der Waals surface area contributed by atoms with Crippen LogP contribution in [0.3, 0.4) is 0 Å². The van der Waals surface area contributed by atoms with Crippen LogP contribution >= 0.6 is 0 Å². The van der Waals surface area contributed by atoms with E-state index in [1.807, 2.05) is 49.1 Å². The molecule has 8 nitrogen and oxygen atoms in total. The van der Waals surface area contributed by atoms with Crippen LogP contribution in [0.25, 0.3) is 5.78 Å². The molecule has 4 aromatic rings. The number of nitrogens with one attached hydrogen (secondary N) is 1. The number of anilines is 3. The van der Waals surface area contributed by atoms with Crippen LogP contribution in [0.4, 0.5) is 17.2 Å². The van der Waals surface area contributed by atoms with Crippen LogP contribution in [0.2, 0.25) is 0 Å². The van der Waals surface area contributed by atoms with Crippen LogP contribution in [0.15, 0.2) is 60.9 Å². The van der Waals surface area contributed by atoms with Gasteiger partial charge < -0.3 is 15.1 Å². The monoisotopic (exact) mass is 427 g/mol. The van der Waals surface area contributed by atoms with Crippen molar-refractivity contribution < 1.29 is 4.79 Å². The summed E-state index contributed by atoms with van der Waals surface area (Å²) in [6, 6.07) is 18.1. The van der Waals surface area contributed by atoms with Gasteiger partial charge in [-0.25, -0.2) is 4.98 Å². The molecule has 0 bridgehead atoms. The molecule has 1 saturated heterocycles. The molecule has 1 fully saturated rings. The predicted octanol–water partition coefficient (Wildman–Crippen LogP) is 3.45. The Morgan fingerprint density at radius 2 is 1.66 bits per heavy atom. The van der Waals surface area contributed by atoms with E-state index in [0.29, 0.717) is 18.9 Å². The quantitative estimate of drug-likeness (QED) is 0.538. The molecular weight excluding hydrogens is 402 g/mol. The fourth-order valence-corrected chi connectivity index (χ4v) is 3.97. The minimum absolute atomic E-state index is 0.108. The summed E-state index contributed by atoms with van der Waals surface area (Å²) in [7, 11) is 0. The van der Waals surface area contributed by atoms with Crippen LogP contribution in [-0.4, -0.2) is 56.6 Å². The highest BCUT2D eigenvalue weighted by Crippen LogP contribution is 2.23. The first-order chi connectivity index (χ1) is 15.6. The first kappa shape index (κ1) is 20.0. The normalized spacial score (nSPS) is 14.1. The molecule has 0 aliphatic carbocycles. The Labute approximate surface area is 186 Å². The van der Waals surface area contributed by atoms with E-state index in [2.05, 4.69) is 49.5 Å². The molecule has 0 radical (unpaired) electrons. The molecule has 0 atom stereocenters. The molecular formula is C24H25N7O. The number of benzene rings is 2. The van der Waals surface area contributed by atoms with Crippen molar-refractivity contribution in [3.63, 3.8) is 0 Å². The van der Waals surface area contributed by atoms with Gasteiger partial charge in [-0.1, -0.05) is 17.7 Å². The second-order valence-corrected chi connectivity index (χ2v) is 8.07. The summed E-state index contributed by atoms with van der Waals surface area (Å²) < 4.78 is 1.69. The lowest BCUT2D eigenvalue weighted by molar-refractivity contribution is 0.0747. The maximum absolute atomic E-state index is 12.8. The molecule has 162 valence electrons. The Morgan fingerprint density at radius 3 is 2.38 bits per heavy atom. The van der Waals surface area contributed by atoms with E-state index in [-0.39, 0.29) is 5.91 Å². The highest BCUT2D eigenvalue weighted by Gasteiger charge is 2.22. The van der Waals surface area contributed by atoms with Crippen molar-refractivity contribution in [2.45, 2.75) is 13.8 Å². The lowest BCUT2D eigenvalue weighted by Gasteiger charge is -2.36. The largest absolute Gasteiger partial charge is 0.368 e. The third-order valence-corrected chi connectivity index (χ3v) is 5.75. The topological polar surface area (TPSA) is 78.7 Å². The van der Waals surface area contributed by atoms with Gasteiger partial charge >= 0.3 is 0 Å². The zero-order valence-electron chi connectivity index (χ0n) is 18.2. The molecule has 0 spiro atoms. The van der Waals surface area contributed by atoms with Gasteiger partial charge in [0.15, 0.2) is 0 Å². The number of aryl methyl sites for hydroxylation is 2. The van der Waals surface area contributed by atoms with Crippen LogP contribution < -0.4 is 10.2 Å². The summed E-state index contributed by atoms with van der Waals surface area (Å²) in [6.45, 7) is 7.02. The molecule has 1 N–H and O–H groups in total. The van der Waals surface area contributed by atoms with E-state index >= 15 is 0 Å². The van der Waals surface area contributed by atoms with Gasteiger partial charge in [-0.05, 0) is 50.2 Å². The standard InChI is InChI=1S/C24H25N7O/c1-17-3-5-19(6-4-17)23(32)30-13-11-29(12-14-30)21-9-7-20(8-10-21)28-22-15-18(2)27-24-25-16-26-31(22)24/h3-10,15-16,28H,11-14H2,1-2H3. The van der Waals surface area contributed by atoms with Crippen molar-refractivity contribution in [2.24, 2.45) is 0 Å². The molecule has 0 unspecified atom stereocenters. The lowest BCUT2D eigenvalue weighted by atomic mass is 10.1. The highest BCUT2D eigenvalue weighted by molar-refractivity contribution is 5.94. The minimum Gasteiger partial charge on any atom is -0.368 e. The molecule has 0 saturated carbocycles. The van der Waals surface area contributed by atoms with E-state index in [1.54, 1.807) is 4.52 Å². The Morgan fingerprint density at radius 1 is 0.938 bits per heavy atom. The fourth-order valence-electron chi connectivity index (χ4n) is 3.97. The molecule has 1 amide bonds. The van der Waals surface area contributed by atoms with Crippen molar-refractivity contribution in [3.8, 4) is 0 Å². The summed E-state index contributed by atoms with van der Waals surface area (Å²) in [4.78, 5) is 25.5. The van der Waals surface area contributed by atoms with Crippen LogP contribution in [-0.2, 0) is 0 Å². The third-order valence-electron chi connectivity index (χ3n) is 5.75. The van der Waals surface area contributed by atoms with Gasteiger partial charge in [0.2, 0.25) is 0 Å². The maximum Gasteiger partial charge on any atom is 0.254 e. The molecule has 1 aliphatic heterocycles. The first-order valence-electron chi connectivity index (χ1n) is 10.7. The minimum atomic E-state index is 0.108.